The van der Waals surface area contributed by atoms with Gasteiger partial charge < -0.3 is 19.5 Å². The number of piperazine rings is 1. The lowest BCUT2D eigenvalue weighted by Gasteiger charge is -2.43. The molecular formula is C24H34ClN3O5. The molecule has 33 heavy (non-hydrogen) atoms. The lowest BCUT2D eigenvalue weighted by Crippen LogP contribution is -2.57. The fourth-order valence-electron chi connectivity index (χ4n) is 4.77. The molecule has 2 aliphatic heterocycles. The van der Waals surface area contributed by atoms with Gasteiger partial charge in [0, 0.05) is 49.4 Å². The molecule has 0 amide bonds. The predicted molar refractivity (Wildman–Crippen MR) is 127 cm³/mol. The first-order chi connectivity index (χ1) is 15.9. The second-order valence-electron chi connectivity index (χ2n) is 8.41. The average Bonchev–Trinajstić information content (AvgIpc) is 2.82. The van der Waals surface area contributed by atoms with Gasteiger partial charge in [0.1, 0.15) is 6.04 Å². The van der Waals surface area contributed by atoms with E-state index in [-0.39, 0.29) is 13.2 Å². The number of rotatable bonds is 9. The van der Waals surface area contributed by atoms with E-state index >= 15 is 0 Å². The zero-order valence-corrected chi connectivity index (χ0v) is 20.4. The quantitative estimate of drug-likeness (QED) is 0.330. The maximum atomic E-state index is 13.5. The zero-order valence-electron chi connectivity index (χ0n) is 19.6. The number of methoxy groups -OCH3 is 1. The van der Waals surface area contributed by atoms with E-state index in [9.17, 15) is 9.59 Å². The van der Waals surface area contributed by atoms with Crippen LogP contribution in [0.15, 0.2) is 29.3 Å². The lowest BCUT2D eigenvalue weighted by molar-refractivity contribution is -0.176. The molecule has 3 atom stereocenters. The van der Waals surface area contributed by atoms with Crippen LogP contribution < -0.4 is 5.32 Å². The Hall–Kier alpha value is -2.00. The van der Waals surface area contributed by atoms with Gasteiger partial charge in [0.25, 0.3) is 0 Å². The number of hydrogen-bond donors (Lipinski definition) is 1. The van der Waals surface area contributed by atoms with Gasteiger partial charge in [0.2, 0.25) is 0 Å². The molecule has 2 heterocycles. The summed E-state index contributed by atoms with van der Waals surface area (Å²) in [5.41, 5.74) is -0.179. The SMILES string of the molecule is CCOC(=O)C1(C(=O)OC)C(COCCN2CCNCC2)N=C(C)CC1c1ccccc1Cl. The molecule has 0 bridgehead atoms. The van der Waals surface area contributed by atoms with Crippen molar-refractivity contribution < 1.29 is 23.8 Å². The van der Waals surface area contributed by atoms with Gasteiger partial charge >= 0.3 is 11.9 Å². The molecule has 0 saturated carbocycles. The summed E-state index contributed by atoms with van der Waals surface area (Å²) in [6.07, 6.45) is 0.384. The summed E-state index contributed by atoms with van der Waals surface area (Å²) in [4.78, 5) is 33.9. The number of hydrogen-bond acceptors (Lipinski definition) is 8. The third-order valence-electron chi connectivity index (χ3n) is 6.41. The van der Waals surface area contributed by atoms with E-state index in [1.165, 1.54) is 7.11 Å². The van der Waals surface area contributed by atoms with Gasteiger partial charge in [-0.25, -0.2) is 0 Å². The highest BCUT2D eigenvalue weighted by molar-refractivity contribution is 6.31. The van der Waals surface area contributed by atoms with Crippen molar-refractivity contribution in [2.75, 3.05) is 59.7 Å². The van der Waals surface area contributed by atoms with Gasteiger partial charge in [-0.1, -0.05) is 29.8 Å². The van der Waals surface area contributed by atoms with Crippen LogP contribution in [0, 0.1) is 5.41 Å². The molecule has 9 heteroatoms. The number of nitrogens with one attached hydrogen (secondary N) is 1. The minimum atomic E-state index is -1.69. The second kappa shape index (κ2) is 11.9. The van der Waals surface area contributed by atoms with Crippen molar-refractivity contribution in [1.82, 2.24) is 10.2 Å². The van der Waals surface area contributed by atoms with Crippen molar-refractivity contribution in [1.29, 1.82) is 0 Å². The normalized spacial score (nSPS) is 25.9. The molecule has 1 fully saturated rings. The summed E-state index contributed by atoms with van der Waals surface area (Å²) >= 11 is 6.54. The second-order valence-corrected chi connectivity index (χ2v) is 8.81. The summed E-state index contributed by atoms with van der Waals surface area (Å²) in [6.45, 7) is 8.93. The van der Waals surface area contributed by atoms with E-state index in [2.05, 4.69) is 10.2 Å². The lowest BCUT2D eigenvalue weighted by atomic mass is 9.63. The van der Waals surface area contributed by atoms with E-state index in [1.807, 2.05) is 25.1 Å². The molecular weight excluding hydrogens is 446 g/mol. The van der Waals surface area contributed by atoms with Crippen LogP contribution in [-0.4, -0.2) is 88.2 Å². The van der Waals surface area contributed by atoms with Crippen LogP contribution in [0.5, 0.6) is 0 Å². The van der Waals surface area contributed by atoms with Crippen LogP contribution in [0.2, 0.25) is 5.02 Å². The number of aliphatic imine (C=N–C) groups is 1. The number of benzene rings is 1. The zero-order chi connectivity index (χ0) is 23.8. The Labute approximate surface area is 200 Å². The van der Waals surface area contributed by atoms with Gasteiger partial charge in [-0.3, -0.25) is 19.5 Å². The number of carbonyl (C=O) groups is 2. The van der Waals surface area contributed by atoms with Gasteiger partial charge in [-0.05, 0) is 31.9 Å². The van der Waals surface area contributed by atoms with Crippen molar-refractivity contribution in [2.45, 2.75) is 32.2 Å². The van der Waals surface area contributed by atoms with Gasteiger partial charge in [0.15, 0.2) is 5.41 Å². The first kappa shape index (κ1) is 25.6. The fraction of sp³-hybridized carbons (Fsp3) is 0.625. The molecule has 1 aromatic carbocycles. The molecule has 0 aliphatic carbocycles. The fourth-order valence-corrected chi connectivity index (χ4v) is 5.04. The van der Waals surface area contributed by atoms with Crippen molar-refractivity contribution >= 4 is 29.3 Å². The molecule has 0 radical (unpaired) electrons. The predicted octanol–water partition coefficient (Wildman–Crippen LogP) is 2.30. The summed E-state index contributed by atoms with van der Waals surface area (Å²) in [7, 11) is 1.28. The van der Waals surface area contributed by atoms with E-state index in [0.717, 1.165) is 38.4 Å². The van der Waals surface area contributed by atoms with Crippen molar-refractivity contribution in [3.05, 3.63) is 34.9 Å². The van der Waals surface area contributed by atoms with Gasteiger partial charge in [-0.2, -0.15) is 0 Å². The Morgan fingerprint density at radius 1 is 1.24 bits per heavy atom. The van der Waals surface area contributed by atoms with Crippen molar-refractivity contribution in [3.63, 3.8) is 0 Å². The van der Waals surface area contributed by atoms with E-state index < -0.39 is 29.3 Å². The van der Waals surface area contributed by atoms with E-state index in [1.54, 1.807) is 13.0 Å². The van der Waals surface area contributed by atoms with E-state index in [0.29, 0.717) is 23.6 Å². The van der Waals surface area contributed by atoms with Crippen LogP contribution in [0.3, 0.4) is 0 Å². The third kappa shape index (κ3) is 5.57. The largest absolute Gasteiger partial charge is 0.468 e. The molecule has 2 aliphatic rings. The number of halogens is 1. The first-order valence-corrected chi connectivity index (χ1v) is 11.9. The topological polar surface area (TPSA) is 89.5 Å². The summed E-state index contributed by atoms with van der Waals surface area (Å²) in [5, 5.41) is 3.81. The highest BCUT2D eigenvalue weighted by atomic mass is 35.5. The summed E-state index contributed by atoms with van der Waals surface area (Å²) < 4.78 is 16.6. The Morgan fingerprint density at radius 3 is 2.64 bits per heavy atom. The van der Waals surface area contributed by atoms with E-state index in [4.69, 9.17) is 30.8 Å². The monoisotopic (exact) mass is 479 g/mol. The summed E-state index contributed by atoms with van der Waals surface area (Å²) in [5.74, 6) is -1.93. The number of carbonyl (C=O) groups excluding carboxylic acids is 2. The highest BCUT2D eigenvalue weighted by Gasteiger charge is 2.62. The molecule has 182 valence electrons. The molecule has 8 nitrogen and oxygen atoms in total. The Balaban J connectivity index is 1.93. The van der Waals surface area contributed by atoms with Crippen molar-refractivity contribution in [2.24, 2.45) is 10.4 Å². The maximum absolute atomic E-state index is 13.5. The highest BCUT2D eigenvalue weighted by Crippen LogP contribution is 2.49. The van der Waals surface area contributed by atoms with Crippen LogP contribution in [-0.2, 0) is 23.8 Å². The Morgan fingerprint density at radius 2 is 1.97 bits per heavy atom. The van der Waals surface area contributed by atoms with Gasteiger partial charge in [0.05, 0.1) is 26.9 Å². The number of ether oxygens (including phenoxy) is 3. The van der Waals surface area contributed by atoms with Crippen molar-refractivity contribution in [3.8, 4) is 0 Å². The van der Waals surface area contributed by atoms with Crippen LogP contribution in [0.4, 0.5) is 0 Å². The Kier molecular flexibility index (Phi) is 9.26. The molecule has 3 unspecified atom stereocenters. The maximum Gasteiger partial charge on any atom is 0.326 e. The molecule has 1 saturated heterocycles. The molecule has 1 aromatic rings. The number of nitrogens with zero attached hydrogens (tertiary/aromatic N) is 2. The molecule has 0 spiro atoms. The van der Waals surface area contributed by atoms with Crippen LogP contribution in [0.1, 0.15) is 31.7 Å². The standard InChI is InChI=1S/C24H34ClN3O5/c1-4-33-23(30)24(22(29)31-3)19(18-7-5-6-8-20(18)25)15-17(2)27-21(24)16-32-14-13-28-11-9-26-10-12-28/h5-8,19,21,26H,4,9-16H2,1-3H3. The Bertz CT molecular complexity index is 858. The van der Waals surface area contributed by atoms with Crippen LogP contribution >= 0.6 is 11.6 Å². The third-order valence-corrected chi connectivity index (χ3v) is 6.75. The number of esters is 2. The van der Waals surface area contributed by atoms with Gasteiger partial charge in [-0.15, -0.1) is 0 Å². The van der Waals surface area contributed by atoms with Crippen LogP contribution in [0.25, 0.3) is 0 Å². The smallest absolute Gasteiger partial charge is 0.326 e. The molecule has 3 rings (SSSR count). The molecule has 1 N–H and O–H groups in total. The first-order valence-electron chi connectivity index (χ1n) is 11.5. The minimum absolute atomic E-state index is 0.0955. The average molecular weight is 480 g/mol. The summed E-state index contributed by atoms with van der Waals surface area (Å²) in [6, 6.07) is 6.46. The minimum Gasteiger partial charge on any atom is -0.468 e. The molecule has 0 aromatic heterocycles.